The van der Waals surface area contributed by atoms with Crippen molar-refractivity contribution in [1.29, 1.82) is 0 Å². The van der Waals surface area contributed by atoms with Gasteiger partial charge >= 0.3 is 6.18 Å². The summed E-state index contributed by atoms with van der Waals surface area (Å²) in [6, 6.07) is 8.82. The van der Waals surface area contributed by atoms with Crippen molar-refractivity contribution in [2.24, 2.45) is 0 Å². The fourth-order valence-corrected chi connectivity index (χ4v) is 4.04. The summed E-state index contributed by atoms with van der Waals surface area (Å²) in [6.45, 7) is 1.57. The summed E-state index contributed by atoms with van der Waals surface area (Å²) >= 11 is 6.28. The van der Waals surface area contributed by atoms with Gasteiger partial charge in [-0.05, 0) is 37.3 Å². The molecule has 0 bridgehead atoms. The second kappa shape index (κ2) is 8.64. The SMILES string of the molecule is Cc1nc(-n2cccn2)c(Cl)cc1NC(=O)c1cnn(-c2cccc3c(=O)[nH]ccc23)c1C(F)(F)F. The Labute approximate surface area is 205 Å². The molecule has 13 heteroatoms. The van der Waals surface area contributed by atoms with Gasteiger partial charge in [-0.1, -0.05) is 17.7 Å². The predicted molar refractivity (Wildman–Crippen MR) is 126 cm³/mol. The molecule has 0 atom stereocenters. The number of aromatic nitrogens is 6. The molecule has 2 N–H and O–H groups in total. The highest BCUT2D eigenvalue weighted by Crippen LogP contribution is 2.35. The number of rotatable bonds is 4. The number of alkyl halides is 3. The molecule has 0 aliphatic carbocycles. The quantitative estimate of drug-likeness (QED) is 0.367. The van der Waals surface area contributed by atoms with E-state index in [2.05, 4.69) is 25.5 Å². The van der Waals surface area contributed by atoms with Crippen LogP contribution in [0.4, 0.5) is 18.9 Å². The predicted octanol–water partition coefficient (Wildman–Crippen LogP) is 4.53. The van der Waals surface area contributed by atoms with Crippen molar-refractivity contribution in [2.75, 3.05) is 5.32 Å². The smallest absolute Gasteiger partial charge is 0.329 e. The van der Waals surface area contributed by atoms with Crippen molar-refractivity contribution in [2.45, 2.75) is 13.1 Å². The van der Waals surface area contributed by atoms with Crippen molar-refractivity contribution < 1.29 is 18.0 Å². The van der Waals surface area contributed by atoms with E-state index in [-0.39, 0.29) is 27.2 Å². The van der Waals surface area contributed by atoms with Gasteiger partial charge in [-0.25, -0.2) is 14.3 Å². The van der Waals surface area contributed by atoms with Gasteiger partial charge in [0.15, 0.2) is 11.5 Å². The topological polar surface area (TPSA) is 110 Å². The molecule has 4 aromatic heterocycles. The summed E-state index contributed by atoms with van der Waals surface area (Å²) in [7, 11) is 0. The molecule has 182 valence electrons. The molecule has 36 heavy (non-hydrogen) atoms. The highest BCUT2D eigenvalue weighted by Gasteiger charge is 2.41. The molecule has 0 aliphatic heterocycles. The van der Waals surface area contributed by atoms with Gasteiger partial charge in [0.1, 0.15) is 0 Å². The highest BCUT2D eigenvalue weighted by molar-refractivity contribution is 6.32. The molecule has 9 nitrogen and oxygen atoms in total. The van der Waals surface area contributed by atoms with Gasteiger partial charge in [0.25, 0.3) is 11.5 Å². The van der Waals surface area contributed by atoms with E-state index in [1.54, 1.807) is 19.2 Å². The number of aryl methyl sites for hydroxylation is 1. The van der Waals surface area contributed by atoms with E-state index in [1.165, 1.54) is 47.4 Å². The minimum absolute atomic E-state index is 0.00515. The van der Waals surface area contributed by atoms with Gasteiger partial charge in [0, 0.05) is 29.4 Å². The van der Waals surface area contributed by atoms with Crippen LogP contribution in [0.25, 0.3) is 22.3 Å². The lowest BCUT2D eigenvalue weighted by molar-refractivity contribution is -0.143. The first-order valence-electron chi connectivity index (χ1n) is 10.4. The van der Waals surface area contributed by atoms with Crippen LogP contribution in [0, 0.1) is 6.92 Å². The number of nitrogens with one attached hydrogen (secondary N) is 2. The second-order valence-corrected chi connectivity index (χ2v) is 8.10. The van der Waals surface area contributed by atoms with E-state index >= 15 is 0 Å². The summed E-state index contributed by atoms with van der Waals surface area (Å²) in [6.07, 6.45) is 0.363. The van der Waals surface area contributed by atoms with Crippen LogP contribution in [0.3, 0.4) is 0 Å². The van der Waals surface area contributed by atoms with Crippen molar-refractivity contribution in [3.63, 3.8) is 0 Å². The number of hydrogen-bond donors (Lipinski definition) is 2. The molecular formula is C23H15ClF3N7O2. The Hall–Kier alpha value is -4.45. The fraction of sp³-hybridized carbons (Fsp3) is 0.0870. The van der Waals surface area contributed by atoms with Crippen molar-refractivity contribution in [3.8, 4) is 11.5 Å². The molecule has 0 unspecified atom stereocenters. The van der Waals surface area contributed by atoms with E-state index in [0.29, 0.717) is 16.2 Å². The lowest BCUT2D eigenvalue weighted by atomic mass is 10.1. The average molecular weight is 514 g/mol. The normalized spacial score (nSPS) is 11.7. The maximum atomic E-state index is 14.2. The standard InChI is InChI=1S/C23H15ClF3N7O2/c1-12-17(10-16(24)20(31-12)33-9-3-7-29-33)32-22(36)15-11-30-34(19(15)23(25,26)27)18-5-2-4-14-13(18)6-8-28-21(14)35/h2-11H,1H3,(H,28,35)(H,32,36). The first kappa shape index (κ1) is 23.3. The Morgan fingerprint density at radius 3 is 2.67 bits per heavy atom. The third-order valence-corrected chi connectivity index (χ3v) is 5.70. The number of carbonyl (C=O) groups is 1. The third kappa shape index (κ3) is 4.01. The van der Waals surface area contributed by atoms with Crippen LogP contribution in [0.15, 0.2) is 66.0 Å². The molecule has 5 aromatic rings. The van der Waals surface area contributed by atoms with Gasteiger partial charge in [-0.2, -0.15) is 23.4 Å². The molecule has 0 spiro atoms. The largest absolute Gasteiger partial charge is 0.434 e. The number of nitrogens with zero attached hydrogens (tertiary/aromatic N) is 5. The molecule has 4 heterocycles. The number of H-pyrrole nitrogens is 1. The molecule has 1 amide bonds. The first-order valence-corrected chi connectivity index (χ1v) is 10.8. The highest BCUT2D eigenvalue weighted by atomic mass is 35.5. The molecule has 0 radical (unpaired) electrons. The number of amides is 1. The van der Waals surface area contributed by atoms with Crippen molar-refractivity contribution in [3.05, 3.63) is 93.5 Å². The van der Waals surface area contributed by atoms with E-state index in [4.69, 9.17) is 11.6 Å². The van der Waals surface area contributed by atoms with Crippen molar-refractivity contribution in [1.82, 2.24) is 29.5 Å². The molecule has 0 aliphatic rings. The maximum Gasteiger partial charge on any atom is 0.434 e. The van der Waals surface area contributed by atoms with Gasteiger partial charge in [0.2, 0.25) is 0 Å². The molecule has 0 saturated carbocycles. The number of halogens is 4. The van der Waals surface area contributed by atoms with Crippen molar-refractivity contribution >= 4 is 34.0 Å². The van der Waals surface area contributed by atoms with E-state index in [9.17, 15) is 22.8 Å². The zero-order chi connectivity index (χ0) is 25.6. The number of fused-ring (bicyclic) bond motifs is 1. The van der Waals surface area contributed by atoms with Gasteiger partial charge in [0.05, 0.1) is 33.9 Å². The molecule has 5 rings (SSSR count). The molecule has 1 aromatic carbocycles. The van der Waals surface area contributed by atoms with E-state index in [0.717, 1.165) is 6.20 Å². The maximum absolute atomic E-state index is 14.2. The van der Waals surface area contributed by atoms with Gasteiger partial charge in [-0.3, -0.25) is 9.59 Å². The zero-order valence-electron chi connectivity index (χ0n) is 18.3. The molecule has 0 saturated heterocycles. The monoisotopic (exact) mass is 513 g/mol. The van der Waals surface area contributed by atoms with Gasteiger partial charge < -0.3 is 10.3 Å². The van der Waals surface area contributed by atoms with E-state index in [1.807, 2.05) is 0 Å². The Bertz CT molecular complexity index is 1670. The first-order chi connectivity index (χ1) is 17.1. The average Bonchev–Trinajstić information content (AvgIpc) is 3.51. The Morgan fingerprint density at radius 1 is 1.14 bits per heavy atom. The summed E-state index contributed by atoms with van der Waals surface area (Å²) < 4.78 is 44.6. The summed E-state index contributed by atoms with van der Waals surface area (Å²) in [4.78, 5) is 31.9. The lowest BCUT2D eigenvalue weighted by Crippen LogP contribution is -2.21. The zero-order valence-corrected chi connectivity index (χ0v) is 19.1. The van der Waals surface area contributed by atoms with Gasteiger partial charge in [-0.15, -0.1) is 0 Å². The van der Waals surface area contributed by atoms with Crippen LogP contribution < -0.4 is 10.9 Å². The molecular weight excluding hydrogens is 499 g/mol. The fourth-order valence-electron chi connectivity index (χ4n) is 3.80. The number of hydrogen-bond acceptors (Lipinski definition) is 5. The number of pyridine rings is 2. The van der Waals surface area contributed by atoms with Crippen LogP contribution in [0.1, 0.15) is 21.7 Å². The van der Waals surface area contributed by atoms with Crippen LogP contribution >= 0.6 is 11.6 Å². The minimum atomic E-state index is -4.94. The summed E-state index contributed by atoms with van der Waals surface area (Å²) in [5, 5.41) is 10.9. The Morgan fingerprint density at radius 2 is 1.94 bits per heavy atom. The number of benzene rings is 1. The van der Waals surface area contributed by atoms with Crippen LogP contribution in [-0.4, -0.2) is 35.4 Å². The van der Waals surface area contributed by atoms with Crippen LogP contribution in [-0.2, 0) is 6.18 Å². The number of anilines is 1. The molecule has 0 fully saturated rings. The Kier molecular flexibility index (Phi) is 5.59. The minimum Gasteiger partial charge on any atom is -0.329 e. The summed E-state index contributed by atoms with van der Waals surface area (Å²) in [5.41, 5.74) is -2.04. The number of carbonyl (C=O) groups excluding carboxylic acids is 1. The Balaban J connectivity index is 1.57. The third-order valence-electron chi connectivity index (χ3n) is 5.42. The van der Waals surface area contributed by atoms with E-state index < -0.39 is 28.9 Å². The second-order valence-electron chi connectivity index (χ2n) is 7.69. The summed E-state index contributed by atoms with van der Waals surface area (Å²) in [5.74, 6) is -0.758. The van der Waals surface area contributed by atoms with Crippen LogP contribution in [0.2, 0.25) is 5.02 Å². The number of aromatic amines is 1. The lowest BCUT2D eigenvalue weighted by Gasteiger charge is -2.15. The van der Waals surface area contributed by atoms with Crippen LogP contribution in [0.5, 0.6) is 0 Å².